The molecule has 0 bridgehead atoms. The van der Waals surface area contributed by atoms with E-state index < -0.39 is 59.3 Å². The Hall–Kier alpha value is -4.59. The number of ether oxygens (including phenoxy) is 4. The molecule has 3 aromatic rings. The smallest absolute Gasteiger partial charge is 0.405 e. The van der Waals surface area contributed by atoms with Gasteiger partial charge in [-0.1, -0.05) is 11.6 Å². The minimum absolute atomic E-state index is 0.0170. The van der Waals surface area contributed by atoms with Gasteiger partial charge in [0.15, 0.2) is 17.5 Å². The number of methoxy groups -OCH3 is 1. The van der Waals surface area contributed by atoms with Gasteiger partial charge in [0.05, 0.1) is 11.0 Å². The number of carbonyl (C=O) groups is 2. The fourth-order valence-electron chi connectivity index (χ4n) is 5.07. The van der Waals surface area contributed by atoms with Crippen LogP contribution in [0.1, 0.15) is 49.2 Å². The normalized spacial score (nSPS) is 21.0. The van der Waals surface area contributed by atoms with Crippen molar-refractivity contribution in [2.75, 3.05) is 12.4 Å². The fourth-order valence-corrected chi connectivity index (χ4v) is 5.07. The highest BCUT2D eigenvalue weighted by molar-refractivity contribution is 6.06. The quantitative estimate of drug-likeness (QED) is 0.184. The molecule has 2 amide bonds. The lowest BCUT2D eigenvalue weighted by Crippen LogP contribution is -2.65. The molecule has 0 radical (unpaired) electrons. The van der Waals surface area contributed by atoms with Crippen molar-refractivity contribution in [2.24, 2.45) is 5.73 Å². The number of allylic oxidation sites excluding steroid dienone is 2. The van der Waals surface area contributed by atoms with Gasteiger partial charge >= 0.3 is 11.7 Å². The molecular weight excluding hydrogens is 576 g/mol. The first-order valence-corrected chi connectivity index (χ1v) is 13.7. The summed E-state index contributed by atoms with van der Waals surface area (Å²) in [5.41, 5.74) is 4.54. The molecule has 1 aromatic heterocycles. The maximum atomic E-state index is 13.0. The number of anilines is 1. The van der Waals surface area contributed by atoms with Crippen LogP contribution in [0.25, 0.3) is 11.0 Å². The first-order chi connectivity index (χ1) is 20.6. The van der Waals surface area contributed by atoms with E-state index in [4.69, 9.17) is 29.1 Å². The van der Waals surface area contributed by atoms with Gasteiger partial charge in [0.2, 0.25) is 6.29 Å². The van der Waals surface area contributed by atoms with Gasteiger partial charge < -0.3 is 49.7 Å². The number of nitrogens with one attached hydrogen (secondary N) is 1. The van der Waals surface area contributed by atoms with Gasteiger partial charge in [0, 0.05) is 18.2 Å². The highest BCUT2D eigenvalue weighted by atomic mass is 16.7. The van der Waals surface area contributed by atoms with Gasteiger partial charge in [-0.15, -0.1) is 0 Å². The minimum Gasteiger partial charge on any atom is -0.508 e. The van der Waals surface area contributed by atoms with Crippen molar-refractivity contribution in [2.45, 2.75) is 71.2 Å². The number of amides is 2. The average Bonchev–Trinajstić information content (AvgIpc) is 2.94. The predicted molar refractivity (Wildman–Crippen MR) is 159 cm³/mol. The molecule has 4 rings (SSSR count). The van der Waals surface area contributed by atoms with E-state index in [0.29, 0.717) is 12.0 Å². The molecule has 4 atom stereocenters. The SMILES string of the molecule is CO[C@@H]1[C@@H](O)[C@@H](OC(N)=O)[C@@H](Oc2ccc3c(O)c(NC(=O)c4ccc(O)c(CC=C(C)C)c4)c(=O)oc3c2C)OC1(C)C. The molecule has 1 saturated heterocycles. The van der Waals surface area contributed by atoms with E-state index in [2.05, 4.69) is 5.32 Å². The van der Waals surface area contributed by atoms with Gasteiger partial charge in [-0.25, -0.2) is 9.59 Å². The van der Waals surface area contributed by atoms with Gasteiger partial charge in [0.1, 0.15) is 29.3 Å². The third-order valence-corrected chi connectivity index (χ3v) is 7.33. The molecule has 0 spiro atoms. The number of fused-ring (bicyclic) bond motifs is 1. The molecule has 0 saturated carbocycles. The minimum atomic E-state index is -1.37. The number of rotatable bonds is 8. The molecule has 1 fully saturated rings. The van der Waals surface area contributed by atoms with E-state index in [1.54, 1.807) is 20.8 Å². The lowest BCUT2D eigenvalue weighted by molar-refractivity contribution is -0.304. The van der Waals surface area contributed by atoms with Crippen molar-refractivity contribution in [1.29, 1.82) is 0 Å². The van der Waals surface area contributed by atoms with Crippen LogP contribution >= 0.6 is 0 Å². The van der Waals surface area contributed by atoms with E-state index in [1.807, 2.05) is 19.9 Å². The number of nitrogens with two attached hydrogens (primary N) is 1. The van der Waals surface area contributed by atoms with E-state index in [1.165, 1.54) is 37.4 Å². The summed E-state index contributed by atoms with van der Waals surface area (Å²) in [6.07, 6.45) is -3.86. The van der Waals surface area contributed by atoms with Crippen LogP contribution in [0, 0.1) is 6.92 Å². The molecule has 0 aliphatic carbocycles. The van der Waals surface area contributed by atoms with Gasteiger partial charge in [-0.2, -0.15) is 0 Å². The zero-order valence-corrected chi connectivity index (χ0v) is 25.2. The second-order valence-corrected chi connectivity index (χ2v) is 11.2. The fraction of sp³-hybridized carbons (Fsp3) is 0.387. The number of phenols is 1. The second-order valence-electron chi connectivity index (χ2n) is 11.2. The molecule has 2 aromatic carbocycles. The highest BCUT2D eigenvalue weighted by Gasteiger charge is 2.53. The van der Waals surface area contributed by atoms with Gasteiger partial charge in [-0.3, -0.25) is 4.79 Å². The summed E-state index contributed by atoms with van der Waals surface area (Å²) in [5, 5.41) is 34.5. The van der Waals surface area contributed by atoms with Crippen LogP contribution in [0.4, 0.5) is 10.5 Å². The number of aliphatic hydroxyl groups excluding tert-OH is 1. The van der Waals surface area contributed by atoms with Crippen molar-refractivity contribution in [3.63, 3.8) is 0 Å². The van der Waals surface area contributed by atoms with Crippen LogP contribution < -0.4 is 21.4 Å². The number of primary amides is 1. The predicted octanol–water partition coefficient (Wildman–Crippen LogP) is 3.63. The lowest BCUT2D eigenvalue weighted by Gasteiger charge is -2.47. The highest BCUT2D eigenvalue weighted by Crippen LogP contribution is 2.38. The Morgan fingerprint density at radius 1 is 1.16 bits per heavy atom. The first kappa shape index (κ1) is 32.3. The molecule has 236 valence electrons. The van der Waals surface area contributed by atoms with Crippen molar-refractivity contribution < 1.29 is 48.3 Å². The Labute approximate surface area is 252 Å². The summed E-state index contributed by atoms with van der Waals surface area (Å²) in [5.74, 6) is -1.10. The largest absolute Gasteiger partial charge is 0.508 e. The van der Waals surface area contributed by atoms with Gasteiger partial charge in [0.25, 0.3) is 5.91 Å². The Bertz CT molecular complexity index is 1670. The van der Waals surface area contributed by atoms with Crippen molar-refractivity contribution in [3.8, 4) is 17.2 Å². The van der Waals surface area contributed by atoms with Crippen molar-refractivity contribution in [3.05, 3.63) is 69.1 Å². The third kappa shape index (κ3) is 6.49. The number of phenolic OH excluding ortho intramolecular Hbond substituents is 1. The second kappa shape index (κ2) is 12.6. The van der Waals surface area contributed by atoms with Crippen LogP contribution in [-0.4, -0.2) is 64.6 Å². The van der Waals surface area contributed by atoms with Crippen LogP contribution in [0.3, 0.4) is 0 Å². The van der Waals surface area contributed by atoms with E-state index in [0.717, 1.165) is 5.57 Å². The summed E-state index contributed by atoms with van der Waals surface area (Å²) >= 11 is 0. The summed E-state index contributed by atoms with van der Waals surface area (Å²) in [4.78, 5) is 37.6. The molecule has 13 nitrogen and oxygen atoms in total. The number of hydrogen-bond donors (Lipinski definition) is 5. The molecule has 1 aliphatic heterocycles. The number of hydrogen-bond acceptors (Lipinski definition) is 11. The average molecular weight is 613 g/mol. The Balaban J connectivity index is 1.65. The Morgan fingerprint density at radius 2 is 1.86 bits per heavy atom. The Kier molecular flexibility index (Phi) is 9.23. The topological polar surface area (TPSA) is 200 Å². The molecular formula is C31H36N2O11. The van der Waals surface area contributed by atoms with Crippen LogP contribution in [0.5, 0.6) is 17.2 Å². The number of aromatic hydroxyl groups is 2. The van der Waals surface area contributed by atoms with Gasteiger partial charge in [-0.05, 0) is 76.9 Å². The van der Waals surface area contributed by atoms with Crippen LogP contribution in [0.2, 0.25) is 0 Å². The Morgan fingerprint density at radius 3 is 2.50 bits per heavy atom. The standard InChI is InChI=1S/C31H36N2O11/c1-14(2)7-8-16-13-17(9-11-19(16)34)27(37)33-21-22(35)18-10-12-20(15(3)24(18)42-28(21)38)41-29-25(43-30(32)39)23(36)26(40-6)31(4,5)44-29/h7,9-13,23,25-26,29,34-36H,8H2,1-6H3,(H2,32,39)(H,33,37)/t23-,25+,26+,29-/m0/s1. The zero-order valence-electron chi connectivity index (χ0n) is 25.2. The molecule has 2 heterocycles. The van der Waals surface area contributed by atoms with Crippen LogP contribution in [0.15, 0.2) is 51.2 Å². The number of benzene rings is 2. The summed E-state index contributed by atoms with van der Waals surface area (Å²) in [6, 6.07) is 7.11. The molecule has 0 unspecified atom stereocenters. The third-order valence-electron chi connectivity index (χ3n) is 7.33. The first-order valence-electron chi connectivity index (χ1n) is 13.7. The monoisotopic (exact) mass is 612 g/mol. The summed E-state index contributed by atoms with van der Waals surface area (Å²) in [6.45, 7) is 8.68. The van der Waals surface area contributed by atoms with E-state index in [-0.39, 0.29) is 33.6 Å². The summed E-state index contributed by atoms with van der Waals surface area (Å²) in [7, 11) is 1.37. The number of carbonyl (C=O) groups excluding carboxylic acids is 2. The molecule has 44 heavy (non-hydrogen) atoms. The van der Waals surface area contributed by atoms with E-state index >= 15 is 0 Å². The lowest BCUT2D eigenvalue weighted by atomic mass is 9.89. The van der Waals surface area contributed by atoms with Crippen molar-refractivity contribution >= 4 is 28.7 Å². The number of aryl methyl sites for hydroxylation is 1. The maximum Gasteiger partial charge on any atom is 0.405 e. The van der Waals surface area contributed by atoms with Crippen molar-refractivity contribution in [1.82, 2.24) is 0 Å². The summed E-state index contributed by atoms with van der Waals surface area (Å²) < 4.78 is 27.9. The maximum absolute atomic E-state index is 13.0. The molecule has 13 heteroatoms. The zero-order chi connectivity index (χ0) is 32.5. The van der Waals surface area contributed by atoms with Crippen LogP contribution in [-0.2, 0) is 20.6 Å². The molecule has 1 aliphatic rings. The molecule has 6 N–H and O–H groups in total. The number of aliphatic hydroxyl groups is 1. The van der Waals surface area contributed by atoms with E-state index in [9.17, 15) is 29.7 Å².